The third-order valence-electron chi connectivity index (χ3n) is 5.58. The summed E-state index contributed by atoms with van der Waals surface area (Å²) in [7, 11) is 0. The van der Waals surface area contributed by atoms with Crippen LogP contribution in [-0.2, 0) is 13.2 Å². The number of hydrogen-bond donors (Lipinski definition) is 1. The van der Waals surface area contributed by atoms with Crippen molar-refractivity contribution in [3.05, 3.63) is 119 Å². The average molecular weight is 464 g/mol. The minimum absolute atomic E-state index is 0.126. The Kier molecular flexibility index (Phi) is 6.00. The molecule has 4 aromatic rings. The van der Waals surface area contributed by atoms with Gasteiger partial charge < -0.3 is 10.1 Å². The SMILES string of the molecule is O=C(Nc1ncccc1OCc1ccncc1)c1ccc(CN2C(=O)c3ccccc3C2=O)cc1. The molecule has 0 saturated carbocycles. The van der Waals surface area contributed by atoms with E-state index in [2.05, 4.69) is 15.3 Å². The zero-order valence-electron chi connectivity index (χ0n) is 18.5. The molecule has 1 N–H and O–H groups in total. The Labute approximate surface area is 201 Å². The normalized spacial score (nSPS) is 12.4. The molecule has 0 spiro atoms. The van der Waals surface area contributed by atoms with Gasteiger partial charge in [-0.3, -0.25) is 24.3 Å². The summed E-state index contributed by atoms with van der Waals surface area (Å²) in [5.74, 6) is -0.241. The number of nitrogens with zero attached hydrogens (tertiary/aromatic N) is 3. The quantitative estimate of drug-likeness (QED) is 0.413. The van der Waals surface area contributed by atoms with Gasteiger partial charge in [-0.15, -0.1) is 0 Å². The molecule has 3 amide bonds. The number of fused-ring (bicyclic) bond motifs is 1. The molecule has 0 bridgehead atoms. The van der Waals surface area contributed by atoms with E-state index >= 15 is 0 Å². The van der Waals surface area contributed by atoms with Crippen LogP contribution in [0.15, 0.2) is 91.4 Å². The molecule has 2 aromatic heterocycles. The standard InChI is InChI=1S/C27H20N4O4/c32-25(30-24-23(6-3-13-29-24)35-17-19-11-14-28-15-12-19)20-9-7-18(8-10-20)16-31-26(33)21-4-1-2-5-22(21)27(31)34/h1-15H,16-17H2,(H,29,30,32). The number of pyridine rings is 2. The molecule has 2 aromatic carbocycles. The van der Waals surface area contributed by atoms with E-state index in [1.807, 2.05) is 12.1 Å². The summed E-state index contributed by atoms with van der Waals surface area (Å²) in [5.41, 5.74) is 2.89. The Morgan fingerprint density at radius 3 is 2.17 bits per heavy atom. The van der Waals surface area contributed by atoms with Gasteiger partial charge in [-0.05, 0) is 59.7 Å². The van der Waals surface area contributed by atoms with Crippen molar-refractivity contribution in [1.29, 1.82) is 0 Å². The zero-order valence-corrected chi connectivity index (χ0v) is 18.5. The Morgan fingerprint density at radius 2 is 1.49 bits per heavy atom. The lowest BCUT2D eigenvalue weighted by Crippen LogP contribution is -2.29. The van der Waals surface area contributed by atoms with Crippen molar-refractivity contribution in [2.24, 2.45) is 0 Å². The van der Waals surface area contributed by atoms with Gasteiger partial charge >= 0.3 is 0 Å². The van der Waals surface area contributed by atoms with Crippen LogP contribution in [0.5, 0.6) is 5.75 Å². The molecule has 172 valence electrons. The highest BCUT2D eigenvalue weighted by atomic mass is 16.5. The molecular formula is C27H20N4O4. The summed E-state index contributed by atoms with van der Waals surface area (Å²) in [5, 5.41) is 2.78. The van der Waals surface area contributed by atoms with E-state index < -0.39 is 0 Å². The molecule has 0 saturated heterocycles. The fourth-order valence-electron chi connectivity index (χ4n) is 3.75. The second-order valence-electron chi connectivity index (χ2n) is 7.89. The molecule has 0 fully saturated rings. The number of carbonyl (C=O) groups excluding carboxylic acids is 3. The highest BCUT2D eigenvalue weighted by Crippen LogP contribution is 2.25. The van der Waals surface area contributed by atoms with E-state index in [0.29, 0.717) is 34.9 Å². The largest absolute Gasteiger partial charge is 0.485 e. The fraction of sp³-hybridized carbons (Fsp3) is 0.0741. The third-order valence-corrected chi connectivity index (χ3v) is 5.58. The van der Waals surface area contributed by atoms with Crippen LogP contribution in [0.2, 0.25) is 0 Å². The Bertz CT molecular complexity index is 1370. The molecule has 0 aliphatic carbocycles. The first-order valence-corrected chi connectivity index (χ1v) is 10.9. The summed E-state index contributed by atoms with van der Waals surface area (Å²) >= 11 is 0. The summed E-state index contributed by atoms with van der Waals surface area (Å²) in [4.78, 5) is 47.4. The van der Waals surface area contributed by atoms with Crippen molar-refractivity contribution in [2.75, 3.05) is 5.32 Å². The van der Waals surface area contributed by atoms with Crippen LogP contribution in [0, 0.1) is 0 Å². The third kappa shape index (κ3) is 4.63. The predicted octanol–water partition coefficient (Wildman–Crippen LogP) is 4.10. The molecule has 0 unspecified atom stereocenters. The van der Waals surface area contributed by atoms with Gasteiger partial charge in [0.2, 0.25) is 0 Å². The molecule has 3 heterocycles. The number of amides is 3. The number of nitrogens with one attached hydrogen (secondary N) is 1. The van der Waals surface area contributed by atoms with Crippen molar-refractivity contribution < 1.29 is 19.1 Å². The Morgan fingerprint density at radius 1 is 0.800 bits per heavy atom. The van der Waals surface area contributed by atoms with Crippen LogP contribution in [0.3, 0.4) is 0 Å². The number of benzene rings is 2. The van der Waals surface area contributed by atoms with Gasteiger partial charge in [-0.1, -0.05) is 24.3 Å². The van der Waals surface area contributed by atoms with E-state index in [1.54, 1.807) is 79.3 Å². The molecule has 5 rings (SSSR count). The average Bonchev–Trinajstić information content (AvgIpc) is 3.14. The zero-order chi connectivity index (χ0) is 24.2. The summed E-state index contributed by atoms with van der Waals surface area (Å²) < 4.78 is 5.83. The number of imide groups is 1. The first-order valence-electron chi connectivity index (χ1n) is 10.9. The van der Waals surface area contributed by atoms with E-state index in [1.165, 1.54) is 4.90 Å². The van der Waals surface area contributed by atoms with Crippen molar-refractivity contribution >= 4 is 23.5 Å². The van der Waals surface area contributed by atoms with Crippen LogP contribution in [0.4, 0.5) is 5.82 Å². The number of carbonyl (C=O) groups is 3. The first-order chi connectivity index (χ1) is 17.1. The van der Waals surface area contributed by atoms with Crippen molar-refractivity contribution in [1.82, 2.24) is 14.9 Å². The topological polar surface area (TPSA) is 101 Å². The minimum atomic E-state index is -0.357. The van der Waals surface area contributed by atoms with Crippen LogP contribution >= 0.6 is 0 Å². The smallest absolute Gasteiger partial charge is 0.261 e. The lowest BCUT2D eigenvalue weighted by Gasteiger charge is -2.14. The maximum absolute atomic E-state index is 12.8. The second kappa shape index (κ2) is 9.56. The van der Waals surface area contributed by atoms with Gasteiger partial charge in [0.1, 0.15) is 6.61 Å². The molecule has 1 aliphatic heterocycles. The number of hydrogen-bond acceptors (Lipinski definition) is 6. The fourth-order valence-corrected chi connectivity index (χ4v) is 3.75. The minimum Gasteiger partial charge on any atom is -0.485 e. The lowest BCUT2D eigenvalue weighted by atomic mass is 10.1. The lowest BCUT2D eigenvalue weighted by molar-refractivity contribution is 0.0642. The van der Waals surface area contributed by atoms with Gasteiger partial charge in [-0.25, -0.2) is 4.98 Å². The number of anilines is 1. The maximum atomic E-state index is 12.8. The van der Waals surface area contributed by atoms with Crippen molar-refractivity contribution in [2.45, 2.75) is 13.2 Å². The summed E-state index contributed by atoms with van der Waals surface area (Å²) in [6, 6.07) is 20.6. The van der Waals surface area contributed by atoms with Crippen LogP contribution < -0.4 is 10.1 Å². The monoisotopic (exact) mass is 464 g/mol. The molecule has 0 radical (unpaired) electrons. The number of aromatic nitrogens is 2. The molecule has 35 heavy (non-hydrogen) atoms. The van der Waals surface area contributed by atoms with E-state index in [0.717, 1.165) is 11.1 Å². The van der Waals surface area contributed by atoms with Crippen molar-refractivity contribution in [3.63, 3.8) is 0 Å². The Balaban J connectivity index is 1.24. The maximum Gasteiger partial charge on any atom is 0.261 e. The predicted molar refractivity (Wildman–Crippen MR) is 128 cm³/mol. The van der Waals surface area contributed by atoms with Gasteiger partial charge in [0, 0.05) is 24.2 Å². The van der Waals surface area contributed by atoms with Crippen LogP contribution in [0.1, 0.15) is 42.2 Å². The van der Waals surface area contributed by atoms with Gasteiger partial charge in [0.15, 0.2) is 11.6 Å². The molecular weight excluding hydrogens is 444 g/mol. The van der Waals surface area contributed by atoms with Gasteiger partial charge in [-0.2, -0.15) is 0 Å². The summed E-state index contributed by atoms with van der Waals surface area (Å²) in [6.07, 6.45) is 4.94. The molecule has 8 nitrogen and oxygen atoms in total. The highest BCUT2D eigenvalue weighted by molar-refractivity contribution is 6.21. The first kappa shape index (κ1) is 22.0. The van der Waals surface area contributed by atoms with Crippen LogP contribution in [-0.4, -0.2) is 32.6 Å². The Hall–Kier alpha value is -4.85. The number of ether oxygens (including phenoxy) is 1. The summed E-state index contributed by atoms with van der Waals surface area (Å²) in [6.45, 7) is 0.436. The van der Waals surface area contributed by atoms with E-state index in [-0.39, 0.29) is 24.3 Å². The van der Waals surface area contributed by atoms with Crippen molar-refractivity contribution in [3.8, 4) is 5.75 Å². The molecule has 0 atom stereocenters. The van der Waals surface area contributed by atoms with Gasteiger partial charge in [0.25, 0.3) is 17.7 Å². The second-order valence-corrected chi connectivity index (χ2v) is 7.89. The van der Waals surface area contributed by atoms with E-state index in [4.69, 9.17) is 4.74 Å². The molecule has 1 aliphatic rings. The number of rotatable bonds is 7. The van der Waals surface area contributed by atoms with Crippen LogP contribution in [0.25, 0.3) is 0 Å². The van der Waals surface area contributed by atoms with Gasteiger partial charge in [0.05, 0.1) is 17.7 Å². The molecule has 8 heteroatoms. The highest BCUT2D eigenvalue weighted by Gasteiger charge is 2.34. The van der Waals surface area contributed by atoms with E-state index in [9.17, 15) is 14.4 Å².